The molecular weight excluding hydrogens is 454 g/mol. The van der Waals surface area contributed by atoms with E-state index in [4.69, 9.17) is 4.74 Å². The number of alkyl carbamates (subject to hydrolysis) is 1. The number of unbranched alkanes of at least 4 members (excludes halogenated alkanes) is 2. The van der Waals surface area contributed by atoms with E-state index in [0.717, 1.165) is 12.8 Å². The number of nitrogens with zero attached hydrogens (tertiary/aromatic N) is 1. The molecule has 0 spiro atoms. The van der Waals surface area contributed by atoms with Gasteiger partial charge in [0.25, 0.3) is 0 Å². The van der Waals surface area contributed by atoms with Crippen molar-refractivity contribution in [2.24, 2.45) is 0 Å². The zero-order valence-electron chi connectivity index (χ0n) is 21.5. The van der Waals surface area contributed by atoms with Crippen molar-refractivity contribution in [3.05, 3.63) is 29.8 Å². The summed E-state index contributed by atoms with van der Waals surface area (Å²) < 4.78 is 5.31. The Kier molecular flexibility index (Phi) is 11.2. The highest BCUT2D eigenvalue weighted by atomic mass is 32.1. The van der Waals surface area contributed by atoms with Crippen LogP contribution in [0.3, 0.4) is 0 Å². The highest BCUT2D eigenvalue weighted by Gasteiger charge is 2.36. The van der Waals surface area contributed by atoms with Crippen LogP contribution in [-0.4, -0.2) is 57.4 Å². The van der Waals surface area contributed by atoms with Crippen LogP contribution < -0.4 is 10.6 Å². The average Bonchev–Trinajstić information content (AvgIpc) is 2.69. The number of benzene rings is 1. The summed E-state index contributed by atoms with van der Waals surface area (Å²) in [7, 11) is 0. The van der Waals surface area contributed by atoms with E-state index in [0.29, 0.717) is 18.5 Å². The molecule has 34 heavy (non-hydrogen) atoms. The second-order valence-electron chi connectivity index (χ2n) is 10.4. The summed E-state index contributed by atoms with van der Waals surface area (Å²) >= 11 is 4.28. The number of hydrogen-bond acceptors (Lipinski definition) is 6. The molecular formula is C25H41N3O5S. The highest BCUT2D eigenvalue weighted by Crippen LogP contribution is 2.26. The van der Waals surface area contributed by atoms with Crippen LogP contribution in [0.15, 0.2) is 24.3 Å². The van der Waals surface area contributed by atoms with Gasteiger partial charge in [0, 0.05) is 17.8 Å². The lowest BCUT2D eigenvalue weighted by Crippen LogP contribution is -2.55. The first-order valence-electron chi connectivity index (χ1n) is 11.7. The predicted octanol–water partition coefficient (Wildman–Crippen LogP) is 4.19. The molecule has 0 aliphatic rings. The Balaban J connectivity index is 3.39. The first-order chi connectivity index (χ1) is 15.7. The molecule has 8 nitrogen and oxygen atoms in total. The number of rotatable bonds is 10. The van der Waals surface area contributed by atoms with Gasteiger partial charge in [0.2, 0.25) is 11.8 Å². The van der Waals surface area contributed by atoms with Crippen LogP contribution >= 0.6 is 12.6 Å². The van der Waals surface area contributed by atoms with Crippen LogP contribution in [0, 0.1) is 0 Å². The Morgan fingerprint density at radius 1 is 1.06 bits per heavy atom. The van der Waals surface area contributed by atoms with E-state index >= 15 is 0 Å². The van der Waals surface area contributed by atoms with E-state index in [9.17, 15) is 19.5 Å². The number of thiol groups is 1. The van der Waals surface area contributed by atoms with Gasteiger partial charge in [-0.05, 0) is 65.7 Å². The summed E-state index contributed by atoms with van der Waals surface area (Å²) in [5.41, 5.74) is -0.696. The number of phenolic OH excluding ortho intramolecular Hbond substituents is 1. The van der Waals surface area contributed by atoms with Crippen molar-refractivity contribution in [2.75, 3.05) is 12.3 Å². The first-order valence-corrected chi connectivity index (χ1v) is 12.3. The monoisotopic (exact) mass is 495 g/mol. The maximum Gasteiger partial charge on any atom is 0.408 e. The Morgan fingerprint density at radius 3 is 2.12 bits per heavy atom. The molecule has 1 aromatic carbocycles. The van der Waals surface area contributed by atoms with E-state index in [2.05, 4.69) is 30.2 Å². The topological polar surface area (TPSA) is 108 Å². The fourth-order valence-corrected chi connectivity index (χ4v) is 3.55. The Bertz CT molecular complexity index is 815. The molecule has 0 heterocycles. The minimum absolute atomic E-state index is 0.0333. The Labute approximate surface area is 209 Å². The van der Waals surface area contributed by atoms with Gasteiger partial charge in [-0.25, -0.2) is 4.79 Å². The molecule has 0 fully saturated rings. The van der Waals surface area contributed by atoms with Crippen LogP contribution in [-0.2, 0) is 14.3 Å². The van der Waals surface area contributed by atoms with E-state index in [-0.39, 0.29) is 17.4 Å². The summed E-state index contributed by atoms with van der Waals surface area (Å²) in [6.07, 6.45) is 1.77. The van der Waals surface area contributed by atoms with E-state index in [1.54, 1.807) is 32.9 Å². The zero-order valence-corrected chi connectivity index (χ0v) is 22.4. The van der Waals surface area contributed by atoms with Gasteiger partial charge < -0.3 is 25.4 Å². The van der Waals surface area contributed by atoms with Crippen LogP contribution in [0.4, 0.5) is 4.79 Å². The number of phenols is 1. The van der Waals surface area contributed by atoms with E-state index < -0.39 is 35.2 Å². The van der Waals surface area contributed by atoms with Gasteiger partial charge >= 0.3 is 6.09 Å². The quantitative estimate of drug-likeness (QED) is 0.288. The number of hydrogen-bond donors (Lipinski definition) is 4. The molecule has 0 aliphatic carbocycles. The number of nitrogens with one attached hydrogen (secondary N) is 2. The number of ether oxygens (including phenoxy) is 1. The lowest BCUT2D eigenvalue weighted by atomic mass is 10.00. The third-order valence-electron chi connectivity index (χ3n) is 4.72. The van der Waals surface area contributed by atoms with Crippen molar-refractivity contribution in [2.45, 2.75) is 91.0 Å². The molecule has 0 saturated heterocycles. The molecule has 1 rings (SSSR count). The van der Waals surface area contributed by atoms with Crippen molar-refractivity contribution in [1.29, 1.82) is 0 Å². The summed E-state index contributed by atoms with van der Waals surface area (Å²) in [6.45, 7) is 13.2. The third-order valence-corrected chi connectivity index (χ3v) is 5.09. The number of carbonyl (C=O) groups is 3. The molecule has 3 amide bonds. The van der Waals surface area contributed by atoms with Crippen molar-refractivity contribution in [3.63, 3.8) is 0 Å². The van der Waals surface area contributed by atoms with Gasteiger partial charge in [-0.1, -0.05) is 31.9 Å². The van der Waals surface area contributed by atoms with Crippen LogP contribution in [0.5, 0.6) is 5.75 Å². The van der Waals surface area contributed by atoms with Gasteiger partial charge in [0.1, 0.15) is 23.4 Å². The third kappa shape index (κ3) is 10.2. The van der Waals surface area contributed by atoms with Gasteiger partial charge in [0.15, 0.2) is 0 Å². The Hall–Kier alpha value is -2.42. The molecule has 2 atom stereocenters. The van der Waals surface area contributed by atoms with E-state index in [1.807, 2.05) is 20.8 Å². The van der Waals surface area contributed by atoms with Crippen molar-refractivity contribution in [3.8, 4) is 5.75 Å². The lowest BCUT2D eigenvalue weighted by Gasteiger charge is -2.36. The molecule has 0 aliphatic heterocycles. The average molecular weight is 496 g/mol. The molecule has 2 unspecified atom stereocenters. The molecule has 0 radical (unpaired) electrons. The maximum atomic E-state index is 13.7. The number of aromatic hydroxyl groups is 1. The first kappa shape index (κ1) is 29.6. The van der Waals surface area contributed by atoms with Crippen molar-refractivity contribution >= 4 is 30.5 Å². The normalized spacial score (nSPS) is 13.5. The summed E-state index contributed by atoms with van der Waals surface area (Å²) in [5, 5.41) is 15.3. The van der Waals surface area contributed by atoms with Crippen LogP contribution in [0.2, 0.25) is 0 Å². The van der Waals surface area contributed by atoms with Gasteiger partial charge in [-0.2, -0.15) is 12.6 Å². The summed E-state index contributed by atoms with van der Waals surface area (Å²) in [5.74, 6) is -0.689. The molecule has 9 heteroatoms. The number of carbonyl (C=O) groups excluding carboxylic acids is 3. The largest absolute Gasteiger partial charge is 0.508 e. The minimum Gasteiger partial charge on any atom is -0.508 e. The summed E-state index contributed by atoms with van der Waals surface area (Å²) in [4.78, 5) is 41.0. The zero-order chi connectivity index (χ0) is 26.1. The second kappa shape index (κ2) is 12.9. The van der Waals surface area contributed by atoms with E-state index in [1.165, 1.54) is 17.0 Å². The smallest absolute Gasteiger partial charge is 0.408 e. The Morgan fingerprint density at radius 2 is 1.65 bits per heavy atom. The minimum atomic E-state index is -0.984. The fourth-order valence-electron chi connectivity index (χ4n) is 3.30. The number of amides is 3. The van der Waals surface area contributed by atoms with Crippen molar-refractivity contribution in [1.82, 2.24) is 15.5 Å². The highest BCUT2D eigenvalue weighted by molar-refractivity contribution is 7.80. The lowest BCUT2D eigenvalue weighted by molar-refractivity contribution is -0.142. The SMILES string of the molecule is CCCCCN(C(=O)C(CS)NC(=O)OC(C)(C)C)C(C(=O)NC(C)(C)C)c1ccc(O)cc1. The molecule has 192 valence electrons. The van der Waals surface area contributed by atoms with Crippen LogP contribution in [0.25, 0.3) is 0 Å². The van der Waals surface area contributed by atoms with Gasteiger partial charge in [-0.3, -0.25) is 9.59 Å². The fraction of sp³-hybridized carbons (Fsp3) is 0.640. The van der Waals surface area contributed by atoms with Gasteiger partial charge in [-0.15, -0.1) is 0 Å². The molecule has 0 bridgehead atoms. The molecule has 0 saturated carbocycles. The van der Waals surface area contributed by atoms with Gasteiger partial charge in [0.05, 0.1) is 0 Å². The standard InChI is InChI=1S/C25H41N3O5S/c1-8-9-10-15-28(22(31)19(16-34)26-23(32)33-25(5,6)7)20(21(30)27-24(2,3)4)17-11-13-18(29)14-12-17/h11-14,19-20,29,34H,8-10,15-16H2,1-7H3,(H,26,32)(H,27,30). The second-order valence-corrected chi connectivity index (χ2v) is 10.7. The van der Waals surface area contributed by atoms with Crippen molar-refractivity contribution < 1.29 is 24.2 Å². The maximum absolute atomic E-state index is 13.7. The summed E-state index contributed by atoms with van der Waals surface area (Å²) in [6, 6.07) is 4.28. The predicted molar refractivity (Wildman–Crippen MR) is 137 cm³/mol. The molecule has 0 aromatic heterocycles. The van der Waals surface area contributed by atoms with Crippen LogP contribution in [0.1, 0.15) is 79.3 Å². The molecule has 1 aromatic rings. The molecule has 3 N–H and O–H groups in total.